The highest BCUT2D eigenvalue weighted by molar-refractivity contribution is 5.89. The molecule has 1 aromatic heterocycles. The number of hydrogen-bond donors (Lipinski definition) is 1. The van der Waals surface area contributed by atoms with Crippen LogP contribution in [0.4, 0.5) is 0 Å². The van der Waals surface area contributed by atoms with Crippen molar-refractivity contribution >= 4 is 40.6 Å². The zero-order valence-electron chi connectivity index (χ0n) is 23.7. The quantitative estimate of drug-likeness (QED) is 0.244. The summed E-state index contributed by atoms with van der Waals surface area (Å²) in [5.74, 6) is -4.03. The Morgan fingerprint density at radius 1 is 0.833 bits per heavy atom. The molecule has 3 aromatic rings. The standard InChI is InChI=1S/C29H31N3O10/c1-16-10-12-21(13-11-16)28-31-23-9-7-6-8-22(23)29(38)32(28)30-14-24(37)26(41-19(4)35)27(42-20(5)36)25(40-18(3)34)15-39-17(2)33/h6-13,25-27,30H,14-15H2,1-5H3. The van der Waals surface area contributed by atoms with Gasteiger partial charge in [-0.05, 0) is 19.1 Å². The number of fused-ring (bicyclic) bond motifs is 1. The fraction of sp³-hybridized carbons (Fsp3) is 0.345. The zero-order chi connectivity index (χ0) is 31.0. The lowest BCUT2D eigenvalue weighted by atomic mass is 10.0. The summed E-state index contributed by atoms with van der Waals surface area (Å²) in [6, 6.07) is 13.9. The van der Waals surface area contributed by atoms with E-state index in [2.05, 4.69) is 10.4 Å². The number of rotatable bonds is 12. The number of ether oxygens (including phenoxy) is 4. The fourth-order valence-electron chi connectivity index (χ4n) is 4.06. The third-order valence-electron chi connectivity index (χ3n) is 5.84. The average molecular weight is 582 g/mol. The van der Waals surface area contributed by atoms with Crippen LogP contribution in [0.2, 0.25) is 0 Å². The molecule has 3 atom stereocenters. The first-order valence-corrected chi connectivity index (χ1v) is 12.9. The highest BCUT2D eigenvalue weighted by Crippen LogP contribution is 2.20. The highest BCUT2D eigenvalue weighted by Gasteiger charge is 2.42. The Kier molecular flexibility index (Phi) is 10.5. The summed E-state index contributed by atoms with van der Waals surface area (Å²) in [7, 11) is 0. The van der Waals surface area contributed by atoms with Gasteiger partial charge in [-0.3, -0.25) is 28.8 Å². The molecule has 1 N–H and O–H groups in total. The Balaban J connectivity index is 2.03. The van der Waals surface area contributed by atoms with Crippen molar-refractivity contribution in [3.05, 3.63) is 64.4 Å². The molecule has 3 unspecified atom stereocenters. The first-order valence-electron chi connectivity index (χ1n) is 12.9. The van der Waals surface area contributed by atoms with E-state index in [1.54, 1.807) is 36.4 Å². The summed E-state index contributed by atoms with van der Waals surface area (Å²) in [6.07, 6.45) is -5.01. The molecule has 0 aliphatic rings. The lowest BCUT2D eigenvalue weighted by Gasteiger charge is -2.31. The fourth-order valence-corrected chi connectivity index (χ4v) is 4.06. The van der Waals surface area contributed by atoms with Gasteiger partial charge in [-0.25, -0.2) is 9.66 Å². The molecule has 42 heavy (non-hydrogen) atoms. The molecule has 3 rings (SSSR count). The van der Waals surface area contributed by atoms with Gasteiger partial charge in [0.05, 0.1) is 17.4 Å². The van der Waals surface area contributed by atoms with Gasteiger partial charge in [0, 0.05) is 33.3 Å². The van der Waals surface area contributed by atoms with Crippen molar-refractivity contribution in [2.24, 2.45) is 0 Å². The molecule has 0 aliphatic carbocycles. The van der Waals surface area contributed by atoms with Gasteiger partial charge in [0.15, 0.2) is 23.8 Å². The molecule has 0 aliphatic heterocycles. The second kappa shape index (κ2) is 14.0. The number of esters is 4. The third-order valence-corrected chi connectivity index (χ3v) is 5.84. The second-order valence-electron chi connectivity index (χ2n) is 9.31. The van der Waals surface area contributed by atoms with Crippen LogP contribution in [0, 0.1) is 6.92 Å². The molecule has 1 heterocycles. The van der Waals surface area contributed by atoms with Gasteiger partial charge in [0.2, 0.25) is 6.10 Å². The minimum absolute atomic E-state index is 0.208. The van der Waals surface area contributed by atoms with Gasteiger partial charge < -0.3 is 24.4 Å². The third kappa shape index (κ3) is 8.22. The Morgan fingerprint density at radius 2 is 1.45 bits per heavy atom. The van der Waals surface area contributed by atoms with E-state index >= 15 is 0 Å². The average Bonchev–Trinajstić information content (AvgIpc) is 2.92. The van der Waals surface area contributed by atoms with E-state index < -0.39 is 66.7 Å². The zero-order valence-corrected chi connectivity index (χ0v) is 23.7. The van der Waals surface area contributed by atoms with Gasteiger partial charge in [-0.1, -0.05) is 42.0 Å². The number of nitrogens with zero attached hydrogens (tertiary/aromatic N) is 2. The van der Waals surface area contributed by atoms with E-state index in [-0.39, 0.29) is 11.2 Å². The molecule has 0 bridgehead atoms. The van der Waals surface area contributed by atoms with E-state index in [0.29, 0.717) is 11.1 Å². The summed E-state index contributed by atoms with van der Waals surface area (Å²) < 4.78 is 21.7. The van der Waals surface area contributed by atoms with Crippen molar-refractivity contribution in [3.63, 3.8) is 0 Å². The molecule has 2 aromatic carbocycles. The van der Waals surface area contributed by atoms with Gasteiger partial charge in [-0.2, -0.15) is 0 Å². The predicted octanol–water partition coefficient (Wildman–Crippen LogP) is 1.84. The Morgan fingerprint density at radius 3 is 2.05 bits per heavy atom. The van der Waals surface area contributed by atoms with Gasteiger partial charge in [-0.15, -0.1) is 0 Å². The number of carbonyl (C=O) groups excluding carboxylic acids is 5. The van der Waals surface area contributed by atoms with Crippen molar-refractivity contribution in [1.82, 2.24) is 9.66 Å². The number of Topliss-reactive ketones (excluding diaryl/α,β-unsaturated/α-hetero) is 1. The minimum atomic E-state index is -1.81. The second-order valence-corrected chi connectivity index (χ2v) is 9.31. The summed E-state index contributed by atoms with van der Waals surface area (Å²) in [4.78, 5) is 78.9. The Bertz CT molecular complexity index is 1550. The molecule has 222 valence electrons. The molecule has 13 heteroatoms. The number of nitrogens with one attached hydrogen (secondary N) is 1. The van der Waals surface area contributed by atoms with E-state index in [4.69, 9.17) is 18.9 Å². The topological polar surface area (TPSA) is 169 Å². The van der Waals surface area contributed by atoms with Crippen LogP contribution < -0.4 is 11.0 Å². The van der Waals surface area contributed by atoms with E-state index in [1.807, 2.05) is 19.1 Å². The maximum Gasteiger partial charge on any atom is 0.303 e. The smallest absolute Gasteiger partial charge is 0.303 e. The first kappa shape index (κ1) is 31.5. The van der Waals surface area contributed by atoms with Gasteiger partial charge in [0.25, 0.3) is 5.56 Å². The lowest BCUT2D eigenvalue weighted by molar-refractivity contribution is -0.190. The summed E-state index contributed by atoms with van der Waals surface area (Å²) in [6.45, 7) is 4.91. The van der Waals surface area contributed by atoms with Gasteiger partial charge >= 0.3 is 23.9 Å². The van der Waals surface area contributed by atoms with Crippen molar-refractivity contribution < 1.29 is 42.9 Å². The SMILES string of the molecule is CC(=O)OCC(OC(C)=O)C(OC(C)=O)C(OC(C)=O)C(=O)CNn1c(-c2ccc(C)cc2)nc2ccccc2c1=O. The molecule has 0 radical (unpaired) electrons. The number of aromatic nitrogens is 2. The normalized spacial score (nSPS) is 12.9. The van der Waals surface area contributed by atoms with Gasteiger partial charge in [0.1, 0.15) is 6.61 Å². The number of benzene rings is 2. The lowest BCUT2D eigenvalue weighted by Crippen LogP contribution is -2.52. The number of carbonyl (C=O) groups is 5. The Labute approximate surface area is 240 Å². The van der Waals surface area contributed by atoms with E-state index in [1.165, 1.54) is 0 Å². The maximum absolute atomic E-state index is 13.6. The number of para-hydroxylation sites is 1. The van der Waals surface area contributed by atoms with Crippen molar-refractivity contribution in [1.29, 1.82) is 0 Å². The van der Waals surface area contributed by atoms with Crippen LogP contribution in [0.3, 0.4) is 0 Å². The Hall–Kier alpha value is -5.07. The molecular formula is C29H31N3O10. The van der Waals surface area contributed by atoms with Crippen molar-refractivity contribution in [2.75, 3.05) is 18.6 Å². The van der Waals surface area contributed by atoms with Crippen LogP contribution >= 0.6 is 0 Å². The summed E-state index contributed by atoms with van der Waals surface area (Å²) in [5.41, 5.74) is 4.24. The van der Waals surface area contributed by atoms with Crippen LogP contribution in [0.15, 0.2) is 53.3 Å². The molecule has 0 fully saturated rings. The molecule has 0 saturated carbocycles. The maximum atomic E-state index is 13.6. The molecule has 13 nitrogen and oxygen atoms in total. The molecular weight excluding hydrogens is 550 g/mol. The monoisotopic (exact) mass is 581 g/mol. The van der Waals surface area contributed by atoms with Crippen LogP contribution in [0.1, 0.15) is 33.3 Å². The largest absolute Gasteiger partial charge is 0.462 e. The first-order chi connectivity index (χ1) is 19.9. The minimum Gasteiger partial charge on any atom is -0.462 e. The molecule has 0 saturated heterocycles. The van der Waals surface area contributed by atoms with E-state index in [9.17, 15) is 28.8 Å². The number of ketones is 1. The van der Waals surface area contributed by atoms with Crippen molar-refractivity contribution in [3.8, 4) is 11.4 Å². The van der Waals surface area contributed by atoms with Crippen LogP contribution in [-0.2, 0) is 42.9 Å². The van der Waals surface area contributed by atoms with Crippen molar-refractivity contribution in [2.45, 2.75) is 52.9 Å². The van der Waals surface area contributed by atoms with Crippen LogP contribution in [0.25, 0.3) is 22.3 Å². The number of hydrogen-bond acceptors (Lipinski definition) is 12. The van der Waals surface area contributed by atoms with Crippen LogP contribution in [-0.4, -0.2) is 70.8 Å². The predicted molar refractivity (Wildman–Crippen MR) is 149 cm³/mol. The molecule has 0 amide bonds. The molecule has 0 spiro atoms. The summed E-state index contributed by atoms with van der Waals surface area (Å²) >= 11 is 0. The summed E-state index contributed by atoms with van der Waals surface area (Å²) in [5, 5.41) is 0.277. The van der Waals surface area contributed by atoms with E-state index in [0.717, 1.165) is 37.9 Å². The number of aryl methyl sites for hydroxylation is 1. The highest BCUT2D eigenvalue weighted by atomic mass is 16.6. The van der Waals surface area contributed by atoms with Crippen LogP contribution in [0.5, 0.6) is 0 Å².